The van der Waals surface area contributed by atoms with E-state index in [0.717, 1.165) is 26.1 Å². The summed E-state index contributed by atoms with van der Waals surface area (Å²) >= 11 is 3.39. The second-order valence-corrected chi connectivity index (χ2v) is 6.60. The first-order valence-electron chi connectivity index (χ1n) is 7.61. The van der Waals surface area contributed by atoms with E-state index in [1.54, 1.807) is 18.2 Å². The van der Waals surface area contributed by atoms with Gasteiger partial charge in [-0.3, -0.25) is 14.9 Å². The molecule has 2 aromatic rings. The Balaban J connectivity index is 2.05. The molecule has 0 bridgehead atoms. The Bertz CT molecular complexity index is 934. The Morgan fingerprint density at radius 2 is 1.72 bits per heavy atom. The number of benzene rings is 2. The van der Waals surface area contributed by atoms with Crippen molar-refractivity contribution in [3.63, 3.8) is 0 Å². The van der Waals surface area contributed by atoms with Gasteiger partial charge in [-0.25, -0.2) is 9.69 Å². The number of barbiturate groups is 1. The number of carbonyl (C=O) groups is 3. The molecule has 126 valence electrons. The topological polar surface area (TPSA) is 66.5 Å². The van der Waals surface area contributed by atoms with Crippen LogP contribution in [0.2, 0.25) is 0 Å². The molecule has 2 aromatic carbocycles. The van der Waals surface area contributed by atoms with Crippen LogP contribution in [0.25, 0.3) is 6.08 Å². The summed E-state index contributed by atoms with van der Waals surface area (Å²) in [5.74, 6) is -1.33. The minimum atomic E-state index is -0.751. The van der Waals surface area contributed by atoms with Crippen molar-refractivity contribution in [2.75, 3.05) is 4.90 Å². The number of nitrogens with one attached hydrogen (secondary N) is 1. The molecule has 0 spiro atoms. The summed E-state index contributed by atoms with van der Waals surface area (Å²) < 4.78 is 0.868. The molecule has 3 rings (SSSR count). The third-order valence-electron chi connectivity index (χ3n) is 3.99. The van der Waals surface area contributed by atoms with Crippen molar-refractivity contribution < 1.29 is 14.4 Å². The maximum absolute atomic E-state index is 12.8. The number of rotatable bonds is 2. The van der Waals surface area contributed by atoms with Crippen molar-refractivity contribution in [2.45, 2.75) is 13.8 Å². The Morgan fingerprint density at radius 1 is 1.00 bits per heavy atom. The zero-order valence-electron chi connectivity index (χ0n) is 13.7. The van der Waals surface area contributed by atoms with E-state index >= 15 is 0 Å². The lowest BCUT2D eigenvalue weighted by molar-refractivity contribution is -0.122. The number of imide groups is 2. The fourth-order valence-corrected chi connectivity index (χ4v) is 2.81. The summed E-state index contributed by atoms with van der Waals surface area (Å²) in [4.78, 5) is 38.2. The summed E-state index contributed by atoms with van der Waals surface area (Å²) in [6, 6.07) is 11.8. The van der Waals surface area contributed by atoms with Crippen LogP contribution in [0.4, 0.5) is 10.5 Å². The minimum Gasteiger partial charge on any atom is -0.273 e. The molecule has 1 heterocycles. The van der Waals surface area contributed by atoms with Gasteiger partial charge in [0.25, 0.3) is 11.8 Å². The average molecular weight is 399 g/mol. The van der Waals surface area contributed by atoms with Gasteiger partial charge < -0.3 is 0 Å². The second kappa shape index (κ2) is 6.64. The monoisotopic (exact) mass is 398 g/mol. The van der Waals surface area contributed by atoms with Crippen LogP contribution in [0.5, 0.6) is 0 Å². The first-order chi connectivity index (χ1) is 11.9. The Kier molecular flexibility index (Phi) is 4.55. The minimum absolute atomic E-state index is 0.0746. The smallest absolute Gasteiger partial charge is 0.273 e. The molecule has 5 nitrogen and oxygen atoms in total. The van der Waals surface area contributed by atoms with Crippen molar-refractivity contribution in [1.29, 1.82) is 0 Å². The van der Waals surface area contributed by atoms with Gasteiger partial charge in [-0.05, 0) is 54.8 Å². The van der Waals surface area contributed by atoms with Gasteiger partial charge in [0, 0.05) is 4.47 Å². The maximum Gasteiger partial charge on any atom is 0.335 e. The van der Waals surface area contributed by atoms with Gasteiger partial charge in [0.2, 0.25) is 0 Å². The predicted molar refractivity (Wildman–Crippen MR) is 99.1 cm³/mol. The van der Waals surface area contributed by atoms with Crippen LogP contribution in [0, 0.1) is 13.8 Å². The van der Waals surface area contributed by atoms with Gasteiger partial charge in [-0.1, -0.05) is 40.2 Å². The quantitative estimate of drug-likeness (QED) is 0.618. The highest BCUT2D eigenvalue weighted by Crippen LogP contribution is 2.26. The summed E-state index contributed by atoms with van der Waals surface area (Å²) in [6.07, 6.45) is 1.51. The molecule has 0 aromatic heterocycles. The lowest BCUT2D eigenvalue weighted by Gasteiger charge is -2.26. The molecule has 0 saturated carbocycles. The fourth-order valence-electron chi connectivity index (χ4n) is 2.56. The largest absolute Gasteiger partial charge is 0.335 e. The Morgan fingerprint density at radius 3 is 2.40 bits per heavy atom. The third kappa shape index (κ3) is 3.25. The zero-order chi connectivity index (χ0) is 18.1. The van der Waals surface area contributed by atoms with E-state index in [0.29, 0.717) is 5.69 Å². The molecular formula is C19H15BrN2O3. The van der Waals surface area contributed by atoms with Crippen molar-refractivity contribution in [1.82, 2.24) is 5.32 Å². The molecule has 6 heteroatoms. The highest BCUT2D eigenvalue weighted by atomic mass is 79.9. The van der Waals surface area contributed by atoms with Crippen LogP contribution in [0.15, 0.2) is 52.5 Å². The maximum atomic E-state index is 12.8. The van der Waals surface area contributed by atoms with E-state index in [2.05, 4.69) is 21.2 Å². The highest BCUT2D eigenvalue weighted by molar-refractivity contribution is 9.10. The third-order valence-corrected chi connectivity index (χ3v) is 4.88. The first-order valence-corrected chi connectivity index (χ1v) is 8.41. The Labute approximate surface area is 153 Å². The van der Waals surface area contributed by atoms with E-state index in [1.165, 1.54) is 6.08 Å². The van der Waals surface area contributed by atoms with E-state index < -0.39 is 17.8 Å². The lowest BCUT2D eigenvalue weighted by Crippen LogP contribution is -2.54. The number of aryl methyl sites for hydroxylation is 2. The molecule has 1 N–H and O–H groups in total. The number of amides is 4. The molecule has 25 heavy (non-hydrogen) atoms. The van der Waals surface area contributed by atoms with Crippen LogP contribution in [-0.4, -0.2) is 17.8 Å². The van der Waals surface area contributed by atoms with Gasteiger partial charge in [-0.15, -0.1) is 0 Å². The first kappa shape index (κ1) is 17.1. The van der Waals surface area contributed by atoms with E-state index in [9.17, 15) is 14.4 Å². The fraction of sp³-hybridized carbons (Fsp3) is 0.105. The summed E-state index contributed by atoms with van der Waals surface area (Å²) in [5, 5.41) is 2.23. The SMILES string of the molecule is Cc1cc(N2C(=O)NC(=O)/C(=C\c3ccccc3C)C2=O)ccc1Br. The zero-order valence-corrected chi connectivity index (χ0v) is 15.3. The number of carbonyl (C=O) groups excluding carboxylic acids is 3. The van der Waals surface area contributed by atoms with Crippen LogP contribution >= 0.6 is 15.9 Å². The van der Waals surface area contributed by atoms with E-state index in [1.807, 2.05) is 38.1 Å². The molecule has 1 aliphatic rings. The Hall–Kier alpha value is -2.73. The van der Waals surface area contributed by atoms with Crippen LogP contribution in [0.1, 0.15) is 16.7 Å². The molecule has 0 atom stereocenters. The average Bonchev–Trinajstić information content (AvgIpc) is 2.56. The number of hydrogen-bond donors (Lipinski definition) is 1. The second-order valence-electron chi connectivity index (χ2n) is 5.75. The summed E-state index contributed by atoms with van der Waals surface area (Å²) in [7, 11) is 0. The molecule has 1 fully saturated rings. The van der Waals surface area contributed by atoms with Crippen molar-refractivity contribution in [3.05, 3.63) is 69.2 Å². The van der Waals surface area contributed by atoms with Gasteiger partial charge in [0.05, 0.1) is 5.69 Å². The lowest BCUT2D eigenvalue weighted by atomic mass is 10.0. The molecule has 1 saturated heterocycles. The molecular weight excluding hydrogens is 384 g/mol. The van der Waals surface area contributed by atoms with Gasteiger partial charge in [-0.2, -0.15) is 0 Å². The molecule has 0 radical (unpaired) electrons. The molecule has 1 aliphatic heterocycles. The van der Waals surface area contributed by atoms with Crippen LogP contribution in [-0.2, 0) is 9.59 Å². The van der Waals surface area contributed by atoms with Crippen LogP contribution < -0.4 is 10.2 Å². The number of halogens is 1. The summed E-state index contributed by atoms with van der Waals surface area (Å²) in [5.41, 5.74) is 2.89. The van der Waals surface area contributed by atoms with Gasteiger partial charge in [0.1, 0.15) is 5.57 Å². The highest BCUT2D eigenvalue weighted by Gasteiger charge is 2.36. The number of nitrogens with zero attached hydrogens (tertiary/aromatic N) is 1. The molecule has 4 amide bonds. The number of urea groups is 1. The van der Waals surface area contributed by atoms with Crippen molar-refractivity contribution in [3.8, 4) is 0 Å². The predicted octanol–water partition coefficient (Wildman–Crippen LogP) is 3.73. The van der Waals surface area contributed by atoms with Crippen LogP contribution in [0.3, 0.4) is 0 Å². The summed E-state index contributed by atoms with van der Waals surface area (Å²) in [6.45, 7) is 3.74. The molecule has 0 aliphatic carbocycles. The normalized spacial score (nSPS) is 16.4. The standard InChI is InChI=1S/C19H15BrN2O3/c1-11-5-3-4-6-13(11)10-15-17(23)21-19(25)22(18(15)24)14-7-8-16(20)12(2)9-14/h3-10H,1-2H3,(H,21,23,25)/b15-10+. The van der Waals surface area contributed by atoms with Gasteiger partial charge >= 0.3 is 6.03 Å². The van der Waals surface area contributed by atoms with E-state index in [4.69, 9.17) is 0 Å². The van der Waals surface area contributed by atoms with Crippen molar-refractivity contribution in [2.24, 2.45) is 0 Å². The molecule has 0 unspecified atom stereocenters. The van der Waals surface area contributed by atoms with Crippen molar-refractivity contribution >= 4 is 45.5 Å². The van der Waals surface area contributed by atoms with E-state index in [-0.39, 0.29) is 5.57 Å². The number of hydrogen-bond acceptors (Lipinski definition) is 3. The van der Waals surface area contributed by atoms with Gasteiger partial charge in [0.15, 0.2) is 0 Å². The number of anilines is 1.